The Labute approximate surface area is 242 Å². The number of amides is 1. The summed E-state index contributed by atoms with van der Waals surface area (Å²) in [6, 6.07) is 9.67. The number of aliphatic hydroxyl groups is 1. The molecule has 222 valence electrons. The van der Waals surface area contributed by atoms with Crippen LogP contribution in [-0.2, 0) is 9.59 Å². The van der Waals surface area contributed by atoms with Crippen LogP contribution in [0.4, 0.5) is 0 Å². The summed E-state index contributed by atoms with van der Waals surface area (Å²) in [5.41, 5.74) is 1.06. The van der Waals surface area contributed by atoms with Gasteiger partial charge >= 0.3 is 0 Å². The van der Waals surface area contributed by atoms with Crippen LogP contribution in [0.1, 0.15) is 58.2 Å². The van der Waals surface area contributed by atoms with Crippen molar-refractivity contribution in [2.45, 2.75) is 47.1 Å². The Hall–Kier alpha value is -3.72. The van der Waals surface area contributed by atoms with Crippen LogP contribution < -0.4 is 18.9 Å². The van der Waals surface area contributed by atoms with Crippen LogP contribution in [0.15, 0.2) is 42.0 Å². The number of Topliss-reactive ketones (excluding diaryl/α,β-unsaturated/α-hetero) is 1. The third kappa shape index (κ3) is 6.78. The van der Waals surface area contributed by atoms with E-state index in [2.05, 4.69) is 32.6 Å². The summed E-state index contributed by atoms with van der Waals surface area (Å²) in [6.45, 7) is 14.6. The number of likely N-dealkylation sites (N-methyl/N-ethyl adjacent to an activating group) is 1. The number of ether oxygens (including phenoxy) is 4. The summed E-state index contributed by atoms with van der Waals surface area (Å²) in [6.07, 6.45) is 0.897. The van der Waals surface area contributed by atoms with Crippen molar-refractivity contribution < 1.29 is 33.6 Å². The Morgan fingerprint density at radius 1 is 1.00 bits per heavy atom. The highest BCUT2D eigenvalue weighted by Crippen LogP contribution is 2.43. The van der Waals surface area contributed by atoms with Gasteiger partial charge in [-0.05, 0) is 68.2 Å². The van der Waals surface area contributed by atoms with E-state index in [1.165, 1.54) is 0 Å². The van der Waals surface area contributed by atoms with Crippen molar-refractivity contribution in [3.05, 3.63) is 53.1 Å². The molecule has 1 fully saturated rings. The molecule has 9 nitrogen and oxygen atoms in total. The largest absolute Gasteiger partial charge is 0.507 e. The van der Waals surface area contributed by atoms with Gasteiger partial charge in [-0.2, -0.15) is 0 Å². The van der Waals surface area contributed by atoms with Crippen LogP contribution in [0.5, 0.6) is 23.0 Å². The SMILES string of the molecule is CCOc1cc(C2/C(=C(\O)c3ccc4c(c3)OCCO4)C(=O)C(=O)N2CCN(CC)CC)ccc1OCCC(C)C. The number of likely N-dealkylation sites (tertiary alicyclic amines) is 1. The van der Waals surface area contributed by atoms with E-state index >= 15 is 0 Å². The average Bonchev–Trinajstić information content (AvgIpc) is 3.22. The standard InChI is InChI=1S/C32H42N2O7/c1-6-33(7-2)14-15-34-29(22-9-11-24(26(19-22)38-8-3)39-16-13-21(4)5)28(31(36)32(34)37)30(35)23-10-12-25-27(20-23)41-18-17-40-25/h9-12,19-21,29,35H,6-8,13-18H2,1-5H3/b30-28+. The second kappa shape index (κ2) is 13.8. The number of hydrogen-bond acceptors (Lipinski definition) is 8. The van der Waals surface area contributed by atoms with Crippen LogP contribution in [0.2, 0.25) is 0 Å². The number of ketones is 1. The van der Waals surface area contributed by atoms with E-state index < -0.39 is 17.7 Å². The van der Waals surface area contributed by atoms with Gasteiger partial charge in [0.15, 0.2) is 23.0 Å². The first kappa shape index (κ1) is 30.2. The normalized spacial score (nSPS) is 17.9. The van der Waals surface area contributed by atoms with E-state index in [1.807, 2.05) is 25.1 Å². The number of carbonyl (C=O) groups excluding carboxylic acids is 2. The Morgan fingerprint density at radius 2 is 1.73 bits per heavy atom. The molecular formula is C32H42N2O7. The zero-order valence-corrected chi connectivity index (χ0v) is 24.8. The lowest BCUT2D eigenvalue weighted by molar-refractivity contribution is -0.140. The molecule has 1 atom stereocenters. The summed E-state index contributed by atoms with van der Waals surface area (Å²) in [4.78, 5) is 30.7. The van der Waals surface area contributed by atoms with Crippen LogP contribution in [0.3, 0.4) is 0 Å². The molecule has 9 heteroatoms. The van der Waals surface area contributed by atoms with Crippen LogP contribution >= 0.6 is 0 Å². The summed E-state index contributed by atoms with van der Waals surface area (Å²) in [5, 5.41) is 11.5. The summed E-state index contributed by atoms with van der Waals surface area (Å²) in [7, 11) is 0. The van der Waals surface area contributed by atoms with Crippen molar-refractivity contribution in [3.8, 4) is 23.0 Å². The molecule has 0 aliphatic carbocycles. The molecule has 4 rings (SSSR count). The molecule has 0 saturated carbocycles. The molecule has 2 aromatic rings. The van der Waals surface area contributed by atoms with Gasteiger partial charge in [0.2, 0.25) is 0 Å². The highest BCUT2D eigenvalue weighted by molar-refractivity contribution is 6.46. The molecule has 0 radical (unpaired) electrons. The second-order valence-corrected chi connectivity index (χ2v) is 10.5. The smallest absolute Gasteiger partial charge is 0.295 e. The van der Waals surface area contributed by atoms with Gasteiger partial charge in [-0.3, -0.25) is 9.59 Å². The third-order valence-corrected chi connectivity index (χ3v) is 7.44. The first-order valence-corrected chi connectivity index (χ1v) is 14.6. The van der Waals surface area contributed by atoms with Gasteiger partial charge in [0.05, 0.1) is 24.8 Å². The maximum Gasteiger partial charge on any atom is 0.295 e. The number of fused-ring (bicyclic) bond motifs is 1. The number of nitrogens with zero attached hydrogens (tertiary/aromatic N) is 2. The summed E-state index contributed by atoms with van der Waals surface area (Å²) < 4.78 is 23.3. The first-order chi connectivity index (χ1) is 19.8. The van der Waals surface area contributed by atoms with Crippen molar-refractivity contribution >= 4 is 17.4 Å². The molecule has 0 spiro atoms. The Bertz CT molecular complexity index is 1270. The summed E-state index contributed by atoms with van der Waals surface area (Å²) >= 11 is 0. The lowest BCUT2D eigenvalue weighted by atomic mass is 9.94. The molecule has 2 aromatic carbocycles. The molecule has 1 saturated heterocycles. The fourth-order valence-corrected chi connectivity index (χ4v) is 5.08. The van der Waals surface area contributed by atoms with E-state index in [0.717, 1.165) is 19.5 Å². The lowest BCUT2D eigenvalue weighted by Gasteiger charge is -2.28. The molecule has 2 heterocycles. The minimum absolute atomic E-state index is 0.0298. The molecule has 1 N–H and O–H groups in total. The Morgan fingerprint density at radius 3 is 2.41 bits per heavy atom. The maximum absolute atomic E-state index is 13.5. The topological polar surface area (TPSA) is 97.8 Å². The number of hydrogen-bond donors (Lipinski definition) is 1. The quantitative estimate of drug-likeness (QED) is 0.205. The van der Waals surface area contributed by atoms with Crippen LogP contribution in [0, 0.1) is 5.92 Å². The van der Waals surface area contributed by atoms with E-state index in [-0.39, 0.29) is 11.3 Å². The molecule has 41 heavy (non-hydrogen) atoms. The molecule has 1 amide bonds. The van der Waals surface area contributed by atoms with Gasteiger partial charge < -0.3 is 33.9 Å². The number of aliphatic hydroxyl groups excluding tert-OH is 1. The molecule has 1 unspecified atom stereocenters. The van der Waals surface area contributed by atoms with Crippen molar-refractivity contribution in [2.24, 2.45) is 5.92 Å². The van der Waals surface area contributed by atoms with Gasteiger partial charge in [0.25, 0.3) is 11.7 Å². The fraction of sp³-hybridized carbons (Fsp3) is 0.500. The minimum Gasteiger partial charge on any atom is -0.507 e. The van der Waals surface area contributed by atoms with Crippen molar-refractivity contribution in [2.75, 3.05) is 52.6 Å². The van der Waals surface area contributed by atoms with Crippen LogP contribution in [0.25, 0.3) is 5.76 Å². The monoisotopic (exact) mass is 566 g/mol. The molecular weight excluding hydrogens is 524 g/mol. The van der Waals surface area contributed by atoms with Gasteiger partial charge in [-0.1, -0.05) is 33.8 Å². The van der Waals surface area contributed by atoms with Gasteiger partial charge in [0, 0.05) is 18.7 Å². The fourth-order valence-electron chi connectivity index (χ4n) is 5.08. The van der Waals surface area contributed by atoms with Crippen molar-refractivity contribution in [1.82, 2.24) is 9.80 Å². The average molecular weight is 567 g/mol. The van der Waals surface area contributed by atoms with Gasteiger partial charge in [0.1, 0.15) is 19.0 Å². The van der Waals surface area contributed by atoms with Crippen LogP contribution in [-0.4, -0.2) is 79.2 Å². The molecule has 2 aliphatic rings. The zero-order chi connectivity index (χ0) is 29.5. The Balaban J connectivity index is 1.78. The Kier molecular flexibility index (Phi) is 10.2. The highest BCUT2D eigenvalue weighted by Gasteiger charge is 2.46. The molecule has 2 aliphatic heterocycles. The first-order valence-electron chi connectivity index (χ1n) is 14.6. The number of carbonyl (C=O) groups is 2. The molecule has 0 bridgehead atoms. The second-order valence-electron chi connectivity index (χ2n) is 10.5. The highest BCUT2D eigenvalue weighted by atomic mass is 16.6. The van der Waals surface area contributed by atoms with Crippen molar-refractivity contribution in [1.29, 1.82) is 0 Å². The number of benzene rings is 2. The van der Waals surface area contributed by atoms with E-state index in [9.17, 15) is 14.7 Å². The predicted octanol–water partition coefficient (Wildman–Crippen LogP) is 5.04. The van der Waals surface area contributed by atoms with Gasteiger partial charge in [-0.15, -0.1) is 0 Å². The minimum atomic E-state index is -0.803. The third-order valence-electron chi connectivity index (χ3n) is 7.44. The van der Waals surface area contributed by atoms with E-state index in [4.69, 9.17) is 18.9 Å². The number of rotatable bonds is 13. The summed E-state index contributed by atoms with van der Waals surface area (Å²) in [5.74, 6) is 1.05. The van der Waals surface area contributed by atoms with E-state index in [1.54, 1.807) is 23.1 Å². The lowest BCUT2D eigenvalue weighted by Crippen LogP contribution is -2.38. The van der Waals surface area contributed by atoms with Gasteiger partial charge in [-0.25, -0.2) is 0 Å². The molecule has 0 aromatic heterocycles. The van der Waals surface area contributed by atoms with Crippen molar-refractivity contribution in [3.63, 3.8) is 0 Å². The maximum atomic E-state index is 13.5. The zero-order valence-electron chi connectivity index (χ0n) is 24.8. The van der Waals surface area contributed by atoms with E-state index in [0.29, 0.717) is 79.6 Å². The predicted molar refractivity (Wildman–Crippen MR) is 157 cm³/mol.